The van der Waals surface area contributed by atoms with Gasteiger partial charge in [0.05, 0.1) is 0 Å². The van der Waals surface area contributed by atoms with Crippen molar-refractivity contribution in [2.75, 3.05) is 0 Å². The van der Waals surface area contributed by atoms with E-state index in [-0.39, 0.29) is 0 Å². The van der Waals surface area contributed by atoms with Gasteiger partial charge in [0.1, 0.15) is 11.6 Å². The third kappa shape index (κ3) is 5.88. The number of carbonyl (C=O) groups is 2. The number of benzene rings is 2. The fourth-order valence-corrected chi connectivity index (χ4v) is 4.77. The average molecular weight is 389 g/mol. The van der Waals surface area contributed by atoms with Gasteiger partial charge in [0.15, 0.2) is 0 Å². The Labute approximate surface area is 174 Å². The molecule has 4 rings (SSSR count). The first-order valence-electron chi connectivity index (χ1n) is 11.3. The highest BCUT2D eigenvalue weighted by Gasteiger charge is 2.39. The van der Waals surface area contributed by atoms with E-state index >= 15 is 0 Å². The van der Waals surface area contributed by atoms with E-state index < -0.39 is 0 Å². The molecule has 0 spiro atoms. The quantitative estimate of drug-likeness (QED) is 0.391. The molecule has 0 heterocycles. The van der Waals surface area contributed by atoms with Crippen LogP contribution in [0.4, 0.5) is 0 Å². The summed E-state index contributed by atoms with van der Waals surface area (Å²) in [5, 5.41) is 0. The number of hydrogen-bond acceptors (Lipinski definition) is 2. The molecule has 29 heavy (non-hydrogen) atoms. The molecule has 2 heteroatoms. The van der Waals surface area contributed by atoms with E-state index in [1.54, 1.807) is 0 Å². The summed E-state index contributed by atoms with van der Waals surface area (Å²) >= 11 is 0. The van der Waals surface area contributed by atoms with Crippen molar-refractivity contribution < 1.29 is 9.59 Å². The topological polar surface area (TPSA) is 34.1 Å². The van der Waals surface area contributed by atoms with Crippen molar-refractivity contribution in [2.45, 2.75) is 69.6 Å². The van der Waals surface area contributed by atoms with Gasteiger partial charge in [-0.15, -0.1) is 0 Å². The highest BCUT2D eigenvalue weighted by Crippen LogP contribution is 2.50. The van der Waals surface area contributed by atoms with Crippen LogP contribution in [0.2, 0.25) is 0 Å². The van der Waals surface area contributed by atoms with E-state index in [0.717, 1.165) is 44.9 Å². The number of ketones is 2. The second kappa shape index (κ2) is 9.52. The molecule has 0 unspecified atom stereocenters. The Bertz CT molecular complexity index is 741. The summed E-state index contributed by atoms with van der Waals surface area (Å²) in [4.78, 5) is 24.5. The third-order valence-electron chi connectivity index (χ3n) is 6.69. The smallest absolute Gasteiger partial charge is 0.133 e. The lowest BCUT2D eigenvalue weighted by molar-refractivity contribution is -0.119. The molecule has 2 aromatic carbocycles. The summed E-state index contributed by atoms with van der Waals surface area (Å²) in [6, 6.07) is 21.1. The molecule has 0 N–H and O–H groups in total. The van der Waals surface area contributed by atoms with Gasteiger partial charge in [0, 0.05) is 25.7 Å². The van der Waals surface area contributed by atoms with Crippen molar-refractivity contribution in [1.29, 1.82) is 0 Å². The van der Waals surface area contributed by atoms with Crippen LogP contribution in [-0.2, 0) is 9.59 Å². The molecule has 2 aromatic rings. The molecule has 0 amide bonds. The van der Waals surface area contributed by atoms with Crippen molar-refractivity contribution in [3.63, 3.8) is 0 Å². The maximum Gasteiger partial charge on any atom is 0.133 e. The molecule has 0 aromatic heterocycles. The summed E-state index contributed by atoms with van der Waals surface area (Å²) in [7, 11) is 0. The number of rotatable bonds is 12. The van der Waals surface area contributed by atoms with Gasteiger partial charge in [-0.2, -0.15) is 0 Å². The lowest BCUT2D eigenvalue weighted by atomic mass is 10.0. The fraction of sp³-hybridized carbons (Fsp3) is 0.481. The molecule has 2 saturated carbocycles. The van der Waals surface area contributed by atoms with E-state index in [0.29, 0.717) is 48.1 Å². The predicted octanol–water partition coefficient (Wildman–Crippen LogP) is 6.46. The van der Waals surface area contributed by atoms with Gasteiger partial charge in [-0.05, 0) is 60.5 Å². The first-order valence-corrected chi connectivity index (χ1v) is 11.3. The van der Waals surface area contributed by atoms with Crippen LogP contribution in [0, 0.1) is 11.8 Å². The Balaban J connectivity index is 1.04. The zero-order valence-corrected chi connectivity index (χ0v) is 17.3. The number of Topliss-reactive ketones (excluding diaryl/α,β-unsaturated/α-hetero) is 2. The summed E-state index contributed by atoms with van der Waals surface area (Å²) in [5.41, 5.74) is 2.77. The normalized spacial score (nSPS) is 24.8. The van der Waals surface area contributed by atoms with E-state index in [4.69, 9.17) is 0 Å². The van der Waals surface area contributed by atoms with Gasteiger partial charge in [0.25, 0.3) is 0 Å². The predicted molar refractivity (Wildman–Crippen MR) is 117 cm³/mol. The first kappa shape index (κ1) is 20.1. The highest BCUT2D eigenvalue weighted by atomic mass is 16.1. The van der Waals surface area contributed by atoms with Gasteiger partial charge in [-0.3, -0.25) is 9.59 Å². The Morgan fingerprint density at radius 3 is 1.45 bits per heavy atom. The van der Waals surface area contributed by atoms with Gasteiger partial charge in [-0.25, -0.2) is 0 Å². The molecular formula is C27H32O2. The number of carbonyl (C=O) groups excluding carboxylic acids is 2. The van der Waals surface area contributed by atoms with Crippen LogP contribution in [-0.4, -0.2) is 11.6 Å². The minimum absolute atomic E-state index is 0.406. The van der Waals surface area contributed by atoms with Crippen LogP contribution in [0.25, 0.3) is 0 Å². The third-order valence-corrected chi connectivity index (χ3v) is 6.69. The summed E-state index contributed by atoms with van der Waals surface area (Å²) < 4.78 is 0. The number of unbranched alkanes of at least 4 members (excludes halogenated alkanes) is 2. The molecule has 4 atom stereocenters. The van der Waals surface area contributed by atoms with Gasteiger partial charge in [-0.1, -0.05) is 67.1 Å². The molecule has 2 aliphatic rings. The molecule has 0 saturated heterocycles. The minimum Gasteiger partial charge on any atom is -0.300 e. The SMILES string of the molecule is O=C(CCCCCC(=O)C[C@H]1C[C@@H]1c1ccccc1)C[C@H]1C[C@@H]1c1ccccc1. The summed E-state index contributed by atoms with van der Waals surface area (Å²) in [6.45, 7) is 0. The molecule has 2 fully saturated rings. The Hall–Kier alpha value is -2.22. The fourth-order valence-electron chi connectivity index (χ4n) is 4.77. The maximum absolute atomic E-state index is 12.2. The Kier molecular flexibility index (Phi) is 6.59. The molecule has 2 nitrogen and oxygen atoms in total. The van der Waals surface area contributed by atoms with Crippen LogP contribution in [0.15, 0.2) is 60.7 Å². The highest BCUT2D eigenvalue weighted by molar-refractivity contribution is 5.79. The van der Waals surface area contributed by atoms with Crippen molar-refractivity contribution in [1.82, 2.24) is 0 Å². The van der Waals surface area contributed by atoms with E-state index in [1.807, 2.05) is 12.1 Å². The largest absolute Gasteiger partial charge is 0.300 e. The molecule has 2 aliphatic carbocycles. The van der Waals surface area contributed by atoms with Crippen LogP contribution >= 0.6 is 0 Å². The maximum atomic E-state index is 12.2. The van der Waals surface area contributed by atoms with Crippen molar-refractivity contribution in [3.05, 3.63) is 71.8 Å². The summed E-state index contributed by atoms with van der Waals surface area (Å²) in [5.74, 6) is 3.12. The molecule has 0 radical (unpaired) electrons. The van der Waals surface area contributed by atoms with Crippen molar-refractivity contribution in [2.24, 2.45) is 11.8 Å². The monoisotopic (exact) mass is 388 g/mol. The molecular weight excluding hydrogens is 356 g/mol. The zero-order chi connectivity index (χ0) is 20.1. The minimum atomic E-state index is 0.406. The van der Waals surface area contributed by atoms with Gasteiger partial charge in [0.2, 0.25) is 0 Å². The molecule has 152 valence electrons. The zero-order valence-electron chi connectivity index (χ0n) is 17.3. The second-order valence-corrected chi connectivity index (χ2v) is 9.07. The second-order valence-electron chi connectivity index (χ2n) is 9.07. The molecule has 0 bridgehead atoms. The lowest BCUT2D eigenvalue weighted by Crippen LogP contribution is -2.02. The van der Waals surface area contributed by atoms with Crippen LogP contribution in [0.3, 0.4) is 0 Å². The average Bonchev–Trinajstić information content (AvgIpc) is 3.66. The first-order chi connectivity index (χ1) is 14.2. The van der Waals surface area contributed by atoms with Gasteiger partial charge < -0.3 is 0 Å². The van der Waals surface area contributed by atoms with Crippen LogP contribution in [0.5, 0.6) is 0 Å². The summed E-state index contributed by atoms with van der Waals surface area (Å²) in [6.07, 6.45) is 8.04. The van der Waals surface area contributed by atoms with Crippen LogP contribution < -0.4 is 0 Å². The molecule has 0 aliphatic heterocycles. The van der Waals surface area contributed by atoms with Crippen molar-refractivity contribution >= 4 is 11.6 Å². The lowest BCUT2D eigenvalue weighted by Gasteiger charge is -2.03. The van der Waals surface area contributed by atoms with Crippen LogP contribution in [0.1, 0.15) is 80.8 Å². The standard InChI is InChI=1S/C27H32O2/c28-24(16-22-18-26(22)20-10-4-1-5-11-20)14-8-3-9-15-25(29)17-23-19-27(23)21-12-6-2-7-13-21/h1-2,4-7,10-13,22-23,26-27H,3,8-9,14-19H2/t22-,23-,26+,27+/m0/s1. The Morgan fingerprint density at radius 2 is 1.03 bits per heavy atom. The van der Waals surface area contributed by atoms with E-state index in [1.165, 1.54) is 11.1 Å². The number of hydrogen-bond donors (Lipinski definition) is 0. The van der Waals surface area contributed by atoms with E-state index in [2.05, 4.69) is 48.5 Å². The Morgan fingerprint density at radius 1 is 0.621 bits per heavy atom. The van der Waals surface area contributed by atoms with E-state index in [9.17, 15) is 9.59 Å². The van der Waals surface area contributed by atoms with Gasteiger partial charge >= 0.3 is 0 Å². The van der Waals surface area contributed by atoms with Crippen molar-refractivity contribution in [3.8, 4) is 0 Å².